The molecule has 2 atom stereocenters. The van der Waals surface area contributed by atoms with Gasteiger partial charge < -0.3 is 14.9 Å². The van der Waals surface area contributed by atoms with Gasteiger partial charge in [-0.3, -0.25) is 4.79 Å². The van der Waals surface area contributed by atoms with E-state index >= 15 is 0 Å². The zero-order valence-corrected chi connectivity index (χ0v) is 8.02. The Balaban J connectivity index is 2.98. The Labute approximate surface area is 81.7 Å². The van der Waals surface area contributed by atoms with E-state index in [1.54, 1.807) is 0 Å². The van der Waals surface area contributed by atoms with Crippen LogP contribution in [0.3, 0.4) is 0 Å². The number of carboxylic acids is 2. The van der Waals surface area contributed by atoms with Crippen LogP contribution in [0.5, 0.6) is 0 Å². The maximum atomic E-state index is 11.0. The fraction of sp³-hybridized carbons (Fsp3) is 0.778. The average molecular weight is 202 g/mol. The number of methoxy groups -OCH3 is 1. The highest BCUT2D eigenvalue weighted by Crippen LogP contribution is 2.36. The minimum atomic E-state index is -1.52. The number of carboxylic acid groups (broad SMARTS) is 2. The van der Waals surface area contributed by atoms with Crippen LogP contribution in [0.4, 0.5) is 0 Å². The molecule has 5 heteroatoms. The highest BCUT2D eigenvalue weighted by atomic mass is 16.5. The molecule has 80 valence electrons. The molecule has 5 nitrogen and oxygen atoms in total. The van der Waals surface area contributed by atoms with E-state index < -0.39 is 23.5 Å². The van der Waals surface area contributed by atoms with Crippen LogP contribution < -0.4 is 0 Å². The number of carbonyl (C=O) groups is 2. The molecule has 1 saturated carbocycles. The van der Waals surface area contributed by atoms with Crippen molar-refractivity contribution >= 4 is 11.9 Å². The van der Waals surface area contributed by atoms with Crippen molar-refractivity contribution in [2.45, 2.75) is 31.3 Å². The molecule has 0 aromatic rings. The van der Waals surface area contributed by atoms with Gasteiger partial charge in [-0.05, 0) is 19.3 Å². The number of hydrogen-bond acceptors (Lipinski definition) is 3. The van der Waals surface area contributed by atoms with Gasteiger partial charge in [0.25, 0.3) is 0 Å². The summed E-state index contributed by atoms with van der Waals surface area (Å²) in [6.45, 7) is 0. The number of rotatable bonds is 3. The topological polar surface area (TPSA) is 83.8 Å². The Morgan fingerprint density at radius 1 is 1.36 bits per heavy atom. The highest BCUT2D eigenvalue weighted by molar-refractivity contribution is 5.86. The molecule has 0 radical (unpaired) electrons. The van der Waals surface area contributed by atoms with Crippen LogP contribution in [0.1, 0.15) is 25.7 Å². The summed E-state index contributed by atoms with van der Waals surface area (Å²) in [5.41, 5.74) is -1.52. The third kappa shape index (κ3) is 1.59. The van der Waals surface area contributed by atoms with E-state index in [2.05, 4.69) is 0 Å². The van der Waals surface area contributed by atoms with Crippen molar-refractivity contribution in [2.24, 2.45) is 5.92 Å². The van der Waals surface area contributed by atoms with Crippen molar-refractivity contribution in [1.82, 2.24) is 0 Å². The number of ether oxygens (including phenoxy) is 1. The van der Waals surface area contributed by atoms with E-state index in [4.69, 9.17) is 14.9 Å². The minimum Gasteiger partial charge on any atom is -0.481 e. The van der Waals surface area contributed by atoms with Crippen LogP contribution in [0.2, 0.25) is 0 Å². The van der Waals surface area contributed by atoms with Gasteiger partial charge in [0.15, 0.2) is 5.60 Å². The lowest BCUT2D eigenvalue weighted by molar-refractivity contribution is -0.184. The summed E-state index contributed by atoms with van der Waals surface area (Å²) < 4.78 is 4.93. The lowest BCUT2D eigenvalue weighted by atomic mass is 9.75. The van der Waals surface area contributed by atoms with Crippen LogP contribution in [-0.4, -0.2) is 34.9 Å². The number of hydrogen-bond donors (Lipinski definition) is 2. The Morgan fingerprint density at radius 3 is 2.36 bits per heavy atom. The Hall–Kier alpha value is -1.10. The molecule has 0 aromatic carbocycles. The molecule has 14 heavy (non-hydrogen) atoms. The fourth-order valence-corrected chi connectivity index (χ4v) is 2.05. The molecular weight excluding hydrogens is 188 g/mol. The summed E-state index contributed by atoms with van der Waals surface area (Å²) in [5.74, 6) is -3.19. The number of aliphatic carboxylic acids is 2. The van der Waals surface area contributed by atoms with E-state index in [-0.39, 0.29) is 6.42 Å². The standard InChI is InChI=1S/C9H14O5/c1-14-9(8(12)13)5-3-2-4-6(9)7(10)11/h6H,2-5H2,1H3,(H,10,11)(H,12,13). The molecule has 2 N–H and O–H groups in total. The monoisotopic (exact) mass is 202 g/mol. The summed E-state index contributed by atoms with van der Waals surface area (Å²) in [4.78, 5) is 21.9. The summed E-state index contributed by atoms with van der Waals surface area (Å²) in [6.07, 6.45) is 2.09. The second-order valence-corrected chi connectivity index (χ2v) is 3.54. The van der Waals surface area contributed by atoms with Gasteiger partial charge in [-0.15, -0.1) is 0 Å². The molecule has 0 aliphatic heterocycles. The molecular formula is C9H14O5. The molecule has 0 aromatic heterocycles. The average Bonchev–Trinajstić information content (AvgIpc) is 2.17. The summed E-state index contributed by atoms with van der Waals surface area (Å²) in [7, 11) is 1.26. The lowest BCUT2D eigenvalue weighted by Gasteiger charge is -2.36. The third-order valence-corrected chi connectivity index (χ3v) is 2.88. The normalized spacial score (nSPS) is 32.5. The van der Waals surface area contributed by atoms with Gasteiger partial charge in [-0.1, -0.05) is 6.42 Å². The van der Waals surface area contributed by atoms with Gasteiger partial charge in [-0.2, -0.15) is 0 Å². The SMILES string of the molecule is COC1(C(=O)O)CCCCC1C(=O)O. The quantitative estimate of drug-likeness (QED) is 0.704. The van der Waals surface area contributed by atoms with Gasteiger partial charge in [0.2, 0.25) is 0 Å². The van der Waals surface area contributed by atoms with Gasteiger partial charge in [0.05, 0.1) is 5.92 Å². The van der Waals surface area contributed by atoms with Crippen molar-refractivity contribution in [1.29, 1.82) is 0 Å². The van der Waals surface area contributed by atoms with E-state index in [1.165, 1.54) is 7.11 Å². The van der Waals surface area contributed by atoms with Crippen molar-refractivity contribution in [3.63, 3.8) is 0 Å². The predicted molar refractivity (Wildman–Crippen MR) is 47.0 cm³/mol. The summed E-state index contributed by atoms with van der Waals surface area (Å²) in [6, 6.07) is 0. The Bertz CT molecular complexity index is 250. The van der Waals surface area contributed by atoms with E-state index in [0.29, 0.717) is 12.8 Å². The lowest BCUT2D eigenvalue weighted by Crippen LogP contribution is -2.52. The Morgan fingerprint density at radius 2 is 2.00 bits per heavy atom. The molecule has 1 fully saturated rings. The van der Waals surface area contributed by atoms with E-state index in [1.807, 2.05) is 0 Å². The largest absolute Gasteiger partial charge is 0.481 e. The van der Waals surface area contributed by atoms with Crippen LogP contribution in [0, 0.1) is 5.92 Å². The molecule has 2 unspecified atom stereocenters. The van der Waals surface area contributed by atoms with Crippen molar-refractivity contribution < 1.29 is 24.5 Å². The maximum absolute atomic E-state index is 11.0. The van der Waals surface area contributed by atoms with Gasteiger partial charge in [0, 0.05) is 7.11 Å². The predicted octanol–water partition coefficient (Wildman–Crippen LogP) is 0.731. The van der Waals surface area contributed by atoms with E-state index in [0.717, 1.165) is 6.42 Å². The molecule has 0 heterocycles. The van der Waals surface area contributed by atoms with Crippen molar-refractivity contribution in [3.05, 3.63) is 0 Å². The molecule has 0 amide bonds. The fourth-order valence-electron chi connectivity index (χ4n) is 2.05. The highest BCUT2D eigenvalue weighted by Gasteiger charge is 2.51. The summed E-state index contributed by atoms with van der Waals surface area (Å²) >= 11 is 0. The van der Waals surface area contributed by atoms with Crippen LogP contribution in [0.15, 0.2) is 0 Å². The van der Waals surface area contributed by atoms with Gasteiger partial charge >= 0.3 is 11.9 Å². The third-order valence-electron chi connectivity index (χ3n) is 2.88. The maximum Gasteiger partial charge on any atom is 0.336 e. The molecule has 1 rings (SSSR count). The van der Waals surface area contributed by atoms with Crippen LogP contribution >= 0.6 is 0 Å². The molecule has 0 spiro atoms. The molecule has 0 bridgehead atoms. The first-order chi connectivity index (χ1) is 6.54. The first kappa shape index (κ1) is 11.0. The van der Waals surface area contributed by atoms with Gasteiger partial charge in [0.1, 0.15) is 0 Å². The summed E-state index contributed by atoms with van der Waals surface area (Å²) in [5, 5.41) is 17.9. The van der Waals surface area contributed by atoms with Crippen molar-refractivity contribution in [2.75, 3.05) is 7.11 Å². The van der Waals surface area contributed by atoms with Crippen molar-refractivity contribution in [3.8, 4) is 0 Å². The first-order valence-corrected chi connectivity index (χ1v) is 4.56. The second kappa shape index (κ2) is 3.96. The van der Waals surface area contributed by atoms with Crippen LogP contribution in [-0.2, 0) is 14.3 Å². The first-order valence-electron chi connectivity index (χ1n) is 4.56. The zero-order valence-electron chi connectivity index (χ0n) is 8.02. The molecule has 0 saturated heterocycles. The molecule has 1 aliphatic carbocycles. The van der Waals surface area contributed by atoms with Gasteiger partial charge in [-0.25, -0.2) is 4.79 Å². The Kier molecular flexibility index (Phi) is 3.10. The van der Waals surface area contributed by atoms with Crippen LogP contribution in [0.25, 0.3) is 0 Å². The minimum absolute atomic E-state index is 0.274. The molecule has 1 aliphatic rings. The second-order valence-electron chi connectivity index (χ2n) is 3.54. The zero-order chi connectivity index (χ0) is 10.8. The smallest absolute Gasteiger partial charge is 0.336 e. The van der Waals surface area contributed by atoms with E-state index in [9.17, 15) is 9.59 Å².